The van der Waals surface area contributed by atoms with E-state index >= 15 is 0 Å². The summed E-state index contributed by atoms with van der Waals surface area (Å²) in [5, 5.41) is 3.44. The lowest BCUT2D eigenvalue weighted by molar-refractivity contribution is 0.415. The molecule has 0 bridgehead atoms. The lowest BCUT2D eigenvalue weighted by Crippen LogP contribution is -2.18. The van der Waals surface area contributed by atoms with Gasteiger partial charge in [-0.3, -0.25) is 0 Å². The maximum Gasteiger partial charge on any atom is 0.121 e. The summed E-state index contributed by atoms with van der Waals surface area (Å²) in [5.74, 6) is 1.66. The molecule has 1 saturated carbocycles. The molecule has 3 nitrogen and oxygen atoms in total. The first-order valence-electron chi connectivity index (χ1n) is 5.40. The number of ether oxygens (including phenoxy) is 1. The molecule has 1 aromatic carbocycles. The molecule has 0 aliphatic heterocycles. The van der Waals surface area contributed by atoms with Gasteiger partial charge in [-0.05, 0) is 37.8 Å². The van der Waals surface area contributed by atoms with Gasteiger partial charge in [-0.1, -0.05) is 0 Å². The molecular weight excluding hydrogens is 188 g/mol. The van der Waals surface area contributed by atoms with Gasteiger partial charge in [0.05, 0.1) is 18.5 Å². The third-order valence-electron chi connectivity index (χ3n) is 2.97. The van der Waals surface area contributed by atoms with Crippen LogP contribution in [0.4, 0.5) is 11.4 Å². The number of hydrogen-bond donors (Lipinski definition) is 2. The zero-order chi connectivity index (χ0) is 10.8. The molecule has 3 heteroatoms. The highest BCUT2D eigenvalue weighted by molar-refractivity contribution is 5.68. The average molecular weight is 206 g/mol. The van der Waals surface area contributed by atoms with Crippen LogP contribution in [0.5, 0.6) is 5.75 Å². The van der Waals surface area contributed by atoms with Crippen LogP contribution in [0.15, 0.2) is 18.2 Å². The summed E-state index contributed by atoms with van der Waals surface area (Å²) in [7, 11) is 1.67. The molecule has 0 radical (unpaired) electrons. The molecule has 82 valence electrons. The fourth-order valence-electron chi connectivity index (χ4n) is 1.75. The standard InChI is InChI=1S/C12H18N2O/c1-8(9-3-4-9)14-12-7-10(15-2)5-6-11(12)13/h5-9,14H,3-4,13H2,1-2H3. The van der Waals surface area contributed by atoms with Gasteiger partial charge in [-0.2, -0.15) is 0 Å². The highest BCUT2D eigenvalue weighted by Gasteiger charge is 2.28. The third-order valence-corrected chi connectivity index (χ3v) is 2.97. The highest BCUT2D eigenvalue weighted by atomic mass is 16.5. The van der Waals surface area contributed by atoms with Gasteiger partial charge < -0.3 is 15.8 Å². The molecule has 1 unspecified atom stereocenters. The van der Waals surface area contributed by atoms with Gasteiger partial charge in [0.1, 0.15) is 5.75 Å². The van der Waals surface area contributed by atoms with E-state index in [1.165, 1.54) is 12.8 Å². The van der Waals surface area contributed by atoms with Crippen LogP contribution in [0, 0.1) is 5.92 Å². The predicted molar refractivity (Wildman–Crippen MR) is 63.2 cm³/mol. The summed E-state index contributed by atoms with van der Waals surface area (Å²) in [4.78, 5) is 0. The van der Waals surface area contributed by atoms with Crippen molar-refractivity contribution in [3.63, 3.8) is 0 Å². The first-order valence-corrected chi connectivity index (χ1v) is 5.40. The Morgan fingerprint density at radius 3 is 2.80 bits per heavy atom. The van der Waals surface area contributed by atoms with E-state index in [4.69, 9.17) is 10.5 Å². The van der Waals surface area contributed by atoms with E-state index in [9.17, 15) is 0 Å². The molecule has 0 amide bonds. The van der Waals surface area contributed by atoms with Crippen molar-refractivity contribution >= 4 is 11.4 Å². The Kier molecular flexibility index (Phi) is 2.71. The summed E-state index contributed by atoms with van der Waals surface area (Å²) in [6.45, 7) is 2.20. The number of rotatable bonds is 4. The normalized spacial score (nSPS) is 17.2. The monoisotopic (exact) mass is 206 g/mol. The average Bonchev–Trinajstić information content (AvgIpc) is 3.04. The van der Waals surface area contributed by atoms with Crippen molar-refractivity contribution in [3.8, 4) is 5.75 Å². The van der Waals surface area contributed by atoms with Crippen LogP contribution in [0.3, 0.4) is 0 Å². The van der Waals surface area contributed by atoms with Crippen molar-refractivity contribution in [2.45, 2.75) is 25.8 Å². The van der Waals surface area contributed by atoms with E-state index in [-0.39, 0.29) is 0 Å². The number of nitrogens with two attached hydrogens (primary N) is 1. The van der Waals surface area contributed by atoms with Crippen LogP contribution in [0.1, 0.15) is 19.8 Å². The molecule has 0 aromatic heterocycles. The van der Waals surface area contributed by atoms with E-state index in [2.05, 4.69) is 12.2 Å². The second-order valence-corrected chi connectivity index (χ2v) is 4.22. The van der Waals surface area contributed by atoms with Crippen LogP contribution >= 0.6 is 0 Å². The second kappa shape index (κ2) is 4.01. The molecule has 1 aliphatic carbocycles. The van der Waals surface area contributed by atoms with Gasteiger partial charge in [-0.25, -0.2) is 0 Å². The Morgan fingerprint density at radius 2 is 2.20 bits per heavy atom. The molecule has 1 aromatic rings. The summed E-state index contributed by atoms with van der Waals surface area (Å²) >= 11 is 0. The summed E-state index contributed by atoms with van der Waals surface area (Å²) in [6.07, 6.45) is 2.66. The number of nitrogens with one attached hydrogen (secondary N) is 1. The molecule has 15 heavy (non-hydrogen) atoms. The number of nitrogen functional groups attached to an aromatic ring is 1. The smallest absolute Gasteiger partial charge is 0.121 e. The maximum atomic E-state index is 5.89. The van der Waals surface area contributed by atoms with Gasteiger partial charge in [0.25, 0.3) is 0 Å². The fraction of sp³-hybridized carbons (Fsp3) is 0.500. The van der Waals surface area contributed by atoms with Crippen LogP contribution < -0.4 is 15.8 Å². The van der Waals surface area contributed by atoms with Gasteiger partial charge in [-0.15, -0.1) is 0 Å². The van der Waals surface area contributed by atoms with Crippen LogP contribution in [-0.2, 0) is 0 Å². The van der Waals surface area contributed by atoms with E-state index in [0.29, 0.717) is 6.04 Å². The molecule has 2 rings (SSSR count). The number of methoxy groups -OCH3 is 1. The number of hydrogen-bond acceptors (Lipinski definition) is 3. The van der Waals surface area contributed by atoms with E-state index in [1.807, 2.05) is 18.2 Å². The van der Waals surface area contributed by atoms with E-state index in [1.54, 1.807) is 7.11 Å². The lowest BCUT2D eigenvalue weighted by atomic mass is 10.2. The fourth-order valence-corrected chi connectivity index (χ4v) is 1.75. The lowest BCUT2D eigenvalue weighted by Gasteiger charge is -2.16. The van der Waals surface area contributed by atoms with Gasteiger partial charge in [0, 0.05) is 12.1 Å². The molecular formula is C12H18N2O. The predicted octanol–water partition coefficient (Wildman–Crippen LogP) is 2.49. The Bertz CT molecular complexity index is 347. The molecule has 1 aliphatic rings. The van der Waals surface area contributed by atoms with Crippen LogP contribution in [0.25, 0.3) is 0 Å². The minimum atomic E-state index is 0.499. The van der Waals surface area contributed by atoms with E-state index < -0.39 is 0 Å². The number of anilines is 2. The summed E-state index contributed by atoms with van der Waals surface area (Å²) < 4.78 is 5.17. The van der Waals surface area contributed by atoms with Gasteiger partial charge in [0.15, 0.2) is 0 Å². The first kappa shape index (κ1) is 10.1. The third kappa shape index (κ3) is 2.35. The Labute approximate surface area is 90.6 Å². The Balaban J connectivity index is 2.11. The maximum absolute atomic E-state index is 5.89. The van der Waals surface area contributed by atoms with Crippen molar-refractivity contribution in [2.24, 2.45) is 5.92 Å². The Hall–Kier alpha value is -1.38. The second-order valence-electron chi connectivity index (χ2n) is 4.22. The van der Waals surface area contributed by atoms with Crippen molar-refractivity contribution in [2.75, 3.05) is 18.2 Å². The zero-order valence-electron chi connectivity index (χ0n) is 9.29. The summed E-state index contributed by atoms with van der Waals surface area (Å²) in [6, 6.07) is 6.21. The molecule has 1 fully saturated rings. The zero-order valence-corrected chi connectivity index (χ0v) is 9.29. The molecule has 0 spiro atoms. The number of benzene rings is 1. The van der Waals surface area contributed by atoms with Crippen molar-refractivity contribution < 1.29 is 4.74 Å². The van der Waals surface area contributed by atoms with E-state index in [0.717, 1.165) is 23.0 Å². The molecule has 3 N–H and O–H groups in total. The molecule has 0 heterocycles. The van der Waals surface area contributed by atoms with Crippen molar-refractivity contribution in [1.29, 1.82) is 0 Å². The SMILES string of the molecule is COc1ccc(N)c(NC(C)C2CC2)c1. The minimum Gasteiger partial charge on any atom is -0.497 e. The van der Waals surface area contributed by atoms with Crippen molar-refractivity contribution in [3.05, 3.63) is 18.2 Å². The quantitative estimate of drug-likeness (QED) is 0.744. The minimum absolute atomic E-state index is 0.499. The first-order chi connectivity index (χ1) is 7.20. The largest absolute Gasteiger partial charge is 0.497 e. The topological polar surface area (TPSA) is 47.3 Å². The molecule has 0 saturated heterocycles. The highest BCUT2D eigenvalue weighted by Crippen LogP contribution is 2.35. The van der Waals surface area contributed by atoms with Gasteiger partial charge in [0.2, 0.25) is 0 Å². The van der Waals surface area contributed by atoms with Crippen LogP contribution in [0.2, 0.25) is 0 Å². The molecule has 1 atom stereocenters. The van der Waals surface area contributed by atoms with Crippen LogP contribution in [-0.4, -0.2) is 13.2 Å². The van der Waals surface area contributed by atoms with Crippen molar-refractivity contribution in [1.82, 2.24) is 0 Å². The van der Waals surface area contributed by atoms with Gasteiger partial charge >= 0.3 is 0 Å². The Morgan fingerprint density at radius 1 is 1.47 bits per heavy atom. The summed E-state index contributed by atoms with van der Waals surface area (Å²) in [5.41, 5.74) is 7.66.